The van der Waals surface area contributed by atoms with Crippen molar-refractivity contribution in [1.82, 2.24) is 14.8 Å². The number of halogens is 1. The highest BCUT2D eigenvalue weighted by Gasteiger charge is 2.12. The number of fused-ring (bicyclic) bond motifs is 1. The SMILES string of the molecule is NC(=O)n1nc(/C=C/c2cccnc2)c2ccc(F)cc21. The number of hydrogen-bond donors (Lipinski definition) is 1. The molecule has 0 radical (unpaired) electrons. The van der Waals surface area contributed by atoms with E-state index in [0.717, 1.165) is 10.2 Å². The molecule has 0 saturated heterocycles. The fourth-order valence-corrected chi connectivity index (χ4v) is 2.05. The monoisotopic (exact) mass is 282 g/mol. The highest BCUT2D eigenvalue weighted by molar-refractivity contribution is 5.95. The van der Waals surface area contributed by atoms with Gasteiger partial charge in [0.25, 0.3) is 0 Å². The van der Waals surface area contributed by atoms with Crippen molar-refractivity contribution in [1.29, 1.82) is 0 Å². The van der Waals surface area contributed by atoms with E-state index in [2.05, 4.69) is 10.1 Å². The van der Waals surface area contributed by atoms with Crippen molar-refractivity contribution in [3.8, 4) is 0 Å². The van der Waals surface area contributed by atoms with Crippen LogP contribution in [0.5, 0.6) is 0 Å². The first kappa shape index (κ1) is 13.0. The Morgan fingerprint density at radius 1 is 1.29 bits per heavy atom. The number of pyridine rings is 1. The fourth-order valence-electron chi connectivity index (χ4n) is 2.05. The van der Waals surface area contributed by atoms with Crippen molar-refractivity contribution in [2.45, 2.75) is 0 Å². The van der Waals surface area contributed by atoms with Crippen LogP contribution in [-0.2, 0) is 0 Å². The summed E-state index contributed by atoms with van der Waals surface area (Å²) in [7, 11) is 0. The van der Waals surface area contributed by atoms with Crippen molar-refractivity contribution >= 4 is 29.1 Å². The molecule has 0 saturated carbocycles. The molecule has 3 rings (SSSR count). The number of nitrogens with zero attached hydrogens (tertiary/aromatic N) is 3. The van der Waals surface area contributed by atoms with Crippen molar-refractivity contribution < 1.29 is 9.18 Å². The highest BCUT2D eigenvalue weighted by atomic mass is 19.1. The summed E-state index contributed by atoms with van der Waals surface area (Å²) in [5.74, 6) is -0.451. The zero-order valence-corrected chi connectivity index (χ0v) is 10.9. The number of nitrogens with two attached hydrogens (primary N) is 1. The first-order valence-corrected chi connectivity index (χ1v) is 6.21. The van der Waals surface area contributed by atoms with E-state index in [-0.39, 0.29) is 0 Å². The van der Waals surface area contributed by atoms with Gasteiger partial charge in [-0.2, -0.15) is 9.78 Å². The zero-order valence-electron chi connectivity index (χ0n) is 10.9. The third-order valence-corrected chi connectivity index (χ3v) is 3.00. The van der Waals surface area contributed by atoms with Crippen LogP contribution in [0.25, 0.3) is 23.1 Å². The molecule has 0 aliphatic carbocycles. The molecule has 21 heavy (non-hydrogen) atoms. The second kappa shape index (κ2) is 5.16. The minimum Gasteiger partial charge on any atom is -0.350 e. The first-order valence-electron chi connectivity index (χ1n) is 6.21. The number of benzene rings is 1. The van der Waals surface area contributed by atoms with E-state index in [0.29, 0.717) is 16.6 Å². The second-order valence-electron chi connectivity index (χ2n) is 4.42. The number of hydrogen-bond acceptors (Lipinski definition) is 3. The molecule has 2 aromatic heterocycles. The van der Waals surface area contributed by atoms with Gasteiger partial charge in [-0.15, -0.1) is 0 Å². The molecule has 2 heterocycles. The molecule has 0 aliphatic heterocycles. The van der Waals surface area contributed by atoms with Crippen LogP contribution in [0, 0.1) is 5.82 Å². The molecule has 6 heteroatoms. The molecule has 3 aromatic rings. The topological polar surface area (TPSA) is 73.8 Å². The molecule has 1 aromatic carbocycles. The minimum atomic E-state index is -0.758. The third-order valence-electron chi connectivity index (χ3n) is 3.00. The number of aromatic nitrogens is 3. The summed E-state index contributed by atoms with van der Waals surface area (Å²) in [5.41, 5.74) is 7.02. The van der Waals surface area contributed by atoms with E-state index >= 15 is 0 Å². The van der Waals surface area contributed by atoms with E-state index in [9.17, 15) is 9.18 Å². The molecule has 2 N–H and O–H groups in total. The molecule has 1 amide bonds. The number of carbonyl (C=O) groups is 1. The zero-order chi connectivity index (χ0) is 14.8. The summed E-state index contributed by atoms with van der Waals surface area (Å²) in [6.07, 6.45) is 6.92. The Hall–Kier alpha value is -3.02. The summed E-state index contributed by atoms with van der Waals surface area (Å²) in [6, 6.07) is 7.06. The lowest BCUT2D eigenvalue weighted by molar-refractivity contribution is 0.248. The van der Waals surface area contributed by atoms with Gasteiger partial charge in [0.1, 0.15) is 5.82 Å². The lowest BCUT2D eigenvalue weighted by Crippen LogP contribution is -2.20. The molecule has 0 spiro atoms. The Morgan fingerprint density at radius 3 is 2.86 bits per heavy atom. The number of rotatable bonds is 2. The Morgan fingerprint density at radius 2 is 2.14 bits per heavy atom. The largest absolute Gasteiger partial charge is 0.350 e. The van der Waals surface area contributed by atoms with Crippen molar-refractivity contribution in [3.63, 3.8) is 0 Å². The van der Waals surface area contributed by atoms with Crippen LogP contribution in [0.3, 0.4) is 0 Å². The smallest absolute Gasteiger partial charge is 0.340 e. The van der Waals surface area contributed by atoms with Gasteiger partial charge >= 0.3 is 6.03 Å². The standard InChI is InChI=1S/C15H11FN4O/c16-11-4-5-12-13(6-3-10-2-1-7-18-9-10)19-20(15(17)21)14(12)8-11/h1-9H,(H2,17,21)/b6-3+. The Bertz CT molecular complexity index is 840. The Kier molecular flexibility index (Phi) is 3.19. The molecule has 0 unspecified atom stereocenters. The van der Waals surface area contributed by atoms with Gasteiger partial charge in [0.2, 0.25) is 0 Å². The van der Waals surface area contributed by atoms with Crippen molar-refractivity contribution in [3.05, 3.63) is 59.8 Å². The van der Waals surface area contributed by atoms with E-state index in [1.54, 1.807) is 24.5 Å². The van der Waals surface area contributed by atoms with Crippen LogP contribution in [0.4, 0.5) is 9.18 Å². The molecule has 0 atom stereocenters. The highest BCUT2D eigenvalue weighted by Crippen LogP contribution is 2.21. The van der Waals surface area contributed by atoms with E-state index < -0.39 is 11.8 Å². The van der Waals surface area contributed by atoms with Gasteiger partial charge < -0.3 is 5.73 Å². The molecule has 5 nitrogen and oxygen atoms in total. The summed E-state index contributed by atoms with van der Waals surface area (Å²) >= 11 is 0. The van der Waals surface area contributed by atoms with E-state index in [4.69, 9.17) is 5.73 Å². The Balaban J connectivity index is 2.11. The van der Waals surface area contributed by atoms with Crippen LogP contribution in [-0.4, -0.2) is 20.8 Å². The Labute approximate surface area is 119 Å². The predicted molar refractivity (Wildman–Crippen MR) is 77.8 cm³/mol. The van der Waals surface area contributed by atoms with Gasteiger partial charge in [-0.3, -0.25) is 4.98 Å². The van der Waals surface area contributed by atoms with Crippen LogP contribution < -0.4 is 5.73 Å². The first-order chi connectivity index (χ1) is 10.1. The van der Waals surface area contributed by atoms with Gasteiger partial charge in [-0.05, 0) is 29.8 Å². The lowest BCUT2D eigenvalue weighted by atomic mass is 10.1. The van der Waals surface area contributed by atoms with Gasteiger partial charge in [0.15, 0.2) is 0 Å². The average Bonchev–Trinajstić information content (AvgIpc) is 2.84. The molecule has 0 fully saturated rings. The molecular weight excluding hydrogens is 271 g/mol. The second-order valence-corrected chi connectivity index (χ2v) is 4.42. The quantitative estimate of drug-likeness (QED) is 0.785. The molecule has 104 valence electrons. The maximum Gasteiger partial charge on any atom is 0.340 e. The van der Waals surface area contributed by atoms with Gasteiger partial charge in [0, 0.05) is 23.8 Å². The third kappa shape index (κ3) is 2.51. The summed E-state index contributed by atoms with van der Waals surface area (Å²) in [6.45, 7) is 0. The summed E-state index contributed by atoms with van der Waals surface area (Å²) in [5, 5.41) is 4.76. The average molecular weight is 282 g/mol. The molecular formula is C15H11FN4O. The van der Waals surface area contributed by atoms with Gasteiger partial charge in [-0.25, -0.2) is 9.18 Å². The molecule has 0 bridgehead atoms. The predicted octanol–water partition coefficient (Wildman–Crippen LogP) is 2.67. The fraction of sp³-hybridized carbons (Fsp3) is 0. The number of carbonyl (C=O) groups excluding carboxylic acids is 1. The van der Waals surface area contributed by atoms with Crippen molar-refractivity contribution in [2.24, 2.45) is 5.73 Å². The van der Waals surface area contributed by atoms with E-state index in [1.807, 2.05) is 18.2 Å². The maximum absolute atomic E-state index is 13.3. The van der Waals surface area contributed by atoms with Crippen LogP contribution in [0.1, 0.15) is 11.3 Å². The number of primary amides is 1. The van der Waals surface area contributed by atoms with Crippen LogP contribution in [0.2, 0.25) is 0 Å². The normalized spacial score (nSPS) is 11.3. The van der Waals surface area contributed by atoms with Crippen LogP contribution >= 0.6 is 0 Å². The van der Waals surface area contributed by atoms with Gasteiger partial charge in [-0.1, -0.05) is 12.1 Å². The lowest BCUT2D eigenvalue weighted by Gasteiger charge is -1.95. The number of amides is 1. The van der Waals surface area contributed by atoms with E-state index in [1.165, 1.54) is 12.1 Å². The summed E-state index contributed by atoms with van der Waals surface area (Å²) < 4.78 is 14.3. The minimum absolute atomic E-state index is 0.341. The van der Waals surface area contributed by atoms with Crippen LogP contribution in [0.15, 0.2) is 42.7 Å². The molecule has 0 aliphatic rings. The maximum atomic E-state index is 13.3. The van der Waals surface area contributed by atoms with Gasteiger partial charge in [0.05, 0.1) is 11.2 Å². The summed E-state index contributed by atoms with van der Waals surface area (Å²) in [4.78, 5) is 15.4. The van der Waals surface area contributed by atoms with Crippen molar-refractivity contribution in [2.75, 3.05) is 0 Å².